The molecule has 0 bridgehead atoms. The zero-order chi connectivity index (χ0) is 19.1. The fourth-order valence-electron chi connectivity index (χ4n) is 2.90. The molecule has 0 fully saturated rings. The summed E-state index contributed by atoms with van der Waals surface area (Å²) in [6.45, 7) is 4.35. The van der Waals surface area contributed by atoms with Crippen molar-refractivity contribution in [3.63, 3.8) is 0 Å². The maximum atomic E-state index is 5.40. The first-order valence-electron chi connectivity index (χ1n) is 8.59. The summed E-state index contributed by atoms with van der Waals surface area (Å²) in [5.74, 6) is 3.02. The Morgan fingerprint density at radius 2 is 0.923 bits per heavy atom. The van der Waals surface area contributed by atoms with E-state index >= 15 is 0 Å². The van der Waals surface area contributed by atoms with Gasteiger partial charge in [-0.2, -0.15) is 0 Å². The average Bonchev–Trinajstić information content (AvgIpc) is 2.67. The Bertz CT molecular complexity index is 712. The second-order valence-electron chi connectivity index (χ2n) is 6.29. The highest BCUT2D eigenvalue weighted by atomic mass is 16.5. The van der Waals surface area contributed by atoms with E-state index in [1.54, 1.807) is 28.4 Å². The zero-order valence-corrected chi connectivity index (χ0v) is 16.5. The summed E-state index contributed by atoms with van der Waals surface area (Å²) in [7, 11) is 6.62. The van der Waals surface area contributed by atoms with Gasteiger partial charge in [0.15, 0.2) is 23.0 Å². The lowest BCUT2D eigenvalue weighted by Crippen LogP contribution is -1.98. The Morgan fingerprint density at radius 3 is 1.23 bits per heavy atom. The summed E-state index contributed by atoms with van der Waals surface area (Å²) in [6, 6.07) is 12.1. The number of hydrogen-bond donors (Lipinski definition) is 0. The van der Waals surface area contributed by atoms with Crippen molar-refractivity contribution < 1.29 is 18.9 Å². The fraction of sp³-hybridized carbons (Fsp3) is 0.364. The molecule has 0 N–H and O–H groups in total. The van der Waals surface area contributed by atoms with E-state index in [1.807, 2.05) is 24.3 Å². The minimum atomic E-state index is 0.750. The van der Waals surface area contributed by atoms with Gasteiger partial charge in [0.05, 0.1) is 28.4 Å². The van der Waals surface area contributed by atoms with E-state index in [4.69, 9.17) is 18.9 Å². The molecule has 140 valence electrons. The molecule has 0 amide bonds. The molecular weight excluding hydrogens is 328 g/mol. The van der Waals surface area contributed by atoms with Crippen molar-refractivity contribution in [3.05, 3.63) is 58.7 Å². The molecule has 0 aliphatic heterocycles. The van der Waals surface area contributed by atoms with Gasteiger partial charge in [0.1, 0.15) is 0 Å². The van der Waals surface area contributed by atoms with Crippen LogP contribution >= 0.6 is 0 Å². The maximum absolute atomic E-state index is 5.40. The molecule has 4 heteroatoms. The highest BCUT2D eigenvalue weighted by Gasteiger charge is 2.08. The van der Waals surface area contributed by atoms with E-state index in [0.29, 0.717) is 0 Å². The molecule has 0 radical (unpaired) electrons. The third-order valence-corrected chi connectivity index (χ3v) is 4.56. The molecule has 0 heterocycles. The van der Waals surface area contributed by atoms with Crippen molar-refractivity contribution in [2.75, 3.05) is 28.4 Å². The normalized spacial score (nSPS) is 11.6. The molecule has 0 aliphatic rings. The number of hydrogen-bond acceptors (Lipinski definition) is 4. The summed E-state index contributed by atoms with van der Waals surface area (Å²) in [4.78, 5) is 0. The quantitative estimate of drug-likeness (QED) is 0.634. The van der Waals surface area contributed by atoms with E-state index in [2.05, 4.69) is 26.0 Å². The molecule has 0 spiro atoms. The first kappa shape index (κ1) is 19.7. The third kappa shape index (κ3) is 4.72. The van der Waals surface area contributed by atoms with Crippen LogP contribution in [-0.2, 0) is 12.8 Å². The summed E-state index contributed by atoms with van der Waals surface area (Å²) < 4.78 is 21.4. The lowest BCUT2D eigenvalue weighted by Gasteiger charge is -2.13. The van der Waals surface area contributed by atoms with E-state index in [0.717, 1.165) is 35.8 Å². The van der Waals surface area contributed by atoms with Gasteiger partial charge in [0, 0.05) is 0 Å². The summed E-state index contributed by atoms with van der Waals surface area (Å²) in [5.41, 5.74) is 5.08. The van der Waals surface area contributed by atoms with Gasteiger partial charge in [0.25, 0.3) is 0 Å². The molecule has 0 atom stereocenters. The molecule has 2 aromatic rings. The number of benzene rings is 2. The van der Waals surface area contributed by atoms with Gasteiger partial charge in [-0.15, -0.1) is 0 Å². The van der Waals surface area contributed by atoms with Crippen LogP contribution in [0.5, 0.6) is 23.0 Å². The fourth-order valence-corrected chi connectivity index (χ4v) is 2.90. The molecular formula is C22H28O4. The van der Waals surface area contributed by atoms with Gasteiger partial charge >= 0.3 is 0 Å². The van der Waals surface area contributed by atoms with Crippen LogP contribution in [-0.4, -0.2) is 28.4 Å². The van der Waals surface area contributed by atoms with Crippen molar-refractivity contribution in [2.45, 2.75) is 26.7 Å². The van der Waals surface area contributed by atoms with Gasteiger partial charge in [-0.05, 0) is 62.1 Å². The Balaban J connectivity index is 2.16. The van der Waals surface area contributed by atoms with Gasteiger partial charge in [-0.3, -0.25) is 0 Å². The van der Waals surface area contributed by atoms with Gasteiger partial charge in [0.2, 0.25) is 0 Å². The lowest BCUT2D eigenvalue weighted by molar-refractivity contribution is 0.354. The van der Waals surface area contributed by atoms with Crippen molar-refractivity contribution in [3.8, 4) is 23.0 Å². The maximum Gasteiger partial charge on any atom is 0.160 e. The molecule has 0 aromatic heterocycles. The lowest BCUT2D eigenvalue weighted by atomic mass is 9.97. The minimum Gasteiger partial charge on any atom is -0.493 e. The highest BCUT2D eigenvalue weighted by Crippen LogP contribution is 2.30. The first-order chi connectivity index (χ1) is 12.5. The van der Waals surface area contributed by atoms with Crippen molar-refractivity contribution in [1.29, 1.82) is 0 Å². The molecule has 2 aromatic carbocycles. The average molecular weight is 356 g/mol. The zero-order valence-electron chi connectivity index (χ0n) is 16.5. The molecule has 0 saturated heterocycles. The Morgan fingerprint density at radius 1 is 0.577 bits per heavy atom. The van der Waals surface area contributed by atoms with Gasteiger partial charge < -0.3 is 18.9 Å². The smallest absolute Gasteiger partial charge is 0.160 e. The predicted molar refractivity (Wildman–Crippen MR) is 105 cm³/mol. The molecule has 4 nitrogen and oxygen atoms in total. The molecule has 0 saturated carbocycles. The third-order valence-electron chi connectivity index (χ3n) is 4.56. The predicted octanol–water partition coefficient (Wildman–Crippen LogP) is 4.84. The Labute approximate surface area is 156 Å². The van der Waals surface area contributed by atoms with Crippen LogP contribution in [0.2, 0.25) is 0 Å². The number of methoxy groups -OCH3 is 4. The second kappa shape index (κ2) is 9.18. The van der Waals surface area contributed by atoms with Crippen LogP contribution < -0.4 is 18.9 Å². The summed E-state index contributed by atoms with van der Waals surface area (Å²) >= 11 is 0. The van der Waals surface area contributed by atoms with Crippen LogP contribution in [0.1, 0.15) is 25.0 Å². The van der Waals surface area contributed by atoms with Crippen LogP contribution in [0.15, 0.2) is 47.5 Å². The summed E-state index contributed by atoms with van der Waals surface area (Å²) in [5, 5.41) is 0. The molecule has 26 heavy (non-hydrogen) atoms. The molecule has 2 rings (SSSR count). The first-order valence-corrected chi connectivity index (χ1v) is 8.59. The van der Waals surface area contributed by atoms with Crippen LogP contribution in [0, 0.1) is 0 Å². The summed E-state index contributed by atoms with van der Waals surface area (Å²) in [6.07, 6.45) is 1.75. The van der Waals surface area contributed by atoms with Gasteiger partial charge in [-0.1, -0.05) is 23.3 Å². The van der Waals surface area contributed by atoms with Crippen LogP contribution in [0.4, 0.5) is 0 Å². The van der Waals surface area contributed by atoms with E-state index in [9.17, 15) is 0 Å². The van der Waals surface area contributed by atoms with Crippen molar-refractivity contribution in [1.82, 2.24) is 0 Å². The number of allylic oxidation sites excluding steroid dienone is 2. The van der Waals surface area contributed by atoms with Crippen molar-refractivity contribution >= 4 is 0 Å². The van der Waals surface area contributed by atoms with Gasteiger partial charge in [-0.25, -0.2) is 0 Å². The molecule has 0 unspecified atom stereocenters. The van der Waals surface area contributed by atoms with Crippen LogP contribution in [0.3, 0.4) is 0 Å². The minimum absolute atomic E-state index is 0.750. The topological polar surface area (TPSA) is 36.9 Å². The van der Waals surface area contributed by atoms with E-state index in [-0.39, 0.29) is 0 Å². The highest BCUT2D eigenvalue weighted by molar-refractivity contribution is 5.45. The number of rotatable bonds is 8. The standard InChI is InChI=1S/C22H28O4/c1-15(11-17-7-9-19(23-3)21(13-17)25-5)16(2)12-18-8-10-20(24-4)22(14-18)26-6/h7-10,13-14H,11-12H2,1-6H3/b16-15-. The molecule has 0 aliphatic carbocycles. The van der Waals surface area contributed by atoms with Crippen LogP contribution in [0.25, 0.3) is 0 Å². The largest absolute Gasteiger partial charge is 0.493 e. The second-order valence-corrected chi connectivity index (χ2v) is 6.29. The Hall–Kier alpha value is -2.62. The van der Waals surface area contributed by atoms with E-state index < -0.39 is 0 Å². The SMILES string of the molecule is COc1ccc(C/C(C)=C(/C)Cc2ccc(OC)c(OC)c2)cc1OC. The monoisotopic (exact) mass is 356 g/mol. The number of ether oxygens (including phenoxy) is 4. The Kier molecular flexibility index (Phi) is 6.96. The van der Waals surface area contributed by atoms with Crippen molar-refractivity contribution in [2.24, 2.45) is 0 Å². The van der Waals surface area contributed by atoms with E-state index in [1.165, 1.54) is 22.3 Å².